The predicted octanol–water partition coefficient (Wildman–Crippen LogP) is 4.61. The van der Waals surface area contributed by atoms with Crippen molar-refractivity contribution in [1.82, 2.24) is 5.32 Å². The molecule has 1 unspecified atom stereocenters. The van der Waals surface area contributed by atoms with Gasteiger partial charge >= 0.3 is 0 Å². The number of hydrogen-bond acceptors (Lipinski definition) is 2. The highest BCUT2D eigenvalue weighted by Gasteiger charge is 2.21. The van der Waals surface area contributed by atoms with Gasteiger partial charge in [-0.15, -0.1) is 0 Å². The van der Waals surface area contributed by atoms with Crippen LogP contribution in [0.4, 0.5) is 8.78 Å². The third-order valence-electron chi connectivity index (χ3n) is 3.16. The first kappa shape index (κ1) is 15.0. The molecule has 0 radical (unpaired) electrons. The normalized spacial score (nSPS) is 12.7. The maximum absolute atomic E-state index is 13.5. The maximum Gasteiger partial charge on any atom is 0.160 e. The van der Waals surface area contributed by atoms with Crippen molar-refractivity contribution in [3.8, 4) is 0 Å². The first-order chi connectivity index (χ1) is 9.54. The van der Waals surface area contributed by atoms with E-state index >= 15 is 0 Å². The Balaban J connectivity index is 2.46. The van der Waals surface area contributed by atoms with E-state index in [1.54, 1.807) is 12.3 Å². The number of furan rings is 1. The van der Waals surface area contributed by atoms with Crippen molar-refractivity contribution >= 4 is 11.6 Å². The van der Waals surface area contributed by atoms with E-state index in [-0.39, 0.29) is 11.1 Å². The minimum Gasteiger partial charge on any atom is -0.469 e. The third kappa shape index (κ3) is 3.02. The molecule has 1 aromatic carbocycles. The zero-order chi connectivity index (χ0) is 14.7. The second-order valence-electron chi connectivity index (χ2n) is 4.61. The second kappa shape index (κ2) is 6.37. The van der Waals surface area contributed by atoms with Crippen LogP contribution in [0, 0.1) is 18.6 Å². The molecular weight excluding hydrogens is 284 g/mol. The quantitative estimate of drug-likeness (QED) is 0.816. The molecule has 0 saturated heterocycles. The Bertz CT molecular complexity index is 598. The number of halogens is 3. The average molecular weight is 300 g/mol. The van der Waals surface area contributed by atoms with E-state index in [4.69, 9.17) is 16.0 Å². The van der Waals surface area contributed by atoms with Crippen molar-refractivity contribution in [1.29, 1.82) is 0 Å². The van der Waals surface area contributed by atoms with Crippen molar-refractivity contribution in [3.05, 3.63) is 58.0 Å². The molecule has 0 saturated carbocycles. The lowest BCUT2D eigenvalue weighted by atomic mass is 9.98. The Hall–Kier alpha value is -1.39. The summed E-state index contributed by atoms with van der Waals surface area (Å²) >= 11 is 6.07. The zero-order valence-electron chi connectivity index (χ0n) is 11.3. The number of aryl methyl sites for hydroxylation is 1. The summed E-state index contributed by atoms with van der Waals surface area (Å²) in [5.41, 5.74) is 1.37. The minimum absolute atomic E-state index is 0.193. The van der Waals surface area contributed by atoms with Crippen LogP contribution in [0.1, 0.15) is 36.3 Å². The fourth-order valence-electron chi connectivity index (χ4n) is 2.13. The van der Waals surface area contributed by atoms with Gasteiger partial charge in [-0.3, -0.25) is 0 Å². The van der Waals surface area contributed by atoms with E-state index < -0.39 is 11.6 Å². The molecule has 1 aromatic heterocycles. The lowest BCUT2D eigenvalue weighted by molar-refractivity contribution is 0.499. The number of hydrogen-bond donors (Lipinski definition) is 1. The molecule has 0 aliphatic carbocycles. The standard InChI is InChI=1S/C15H16ClF2NO/c1-3-5-19-15(10-4-6-20-9(10)2)11-7-13(17)14(18)8-12(11)16/h4,6-8,15,19H,3,5H2,1-2H3. The summed E-state index contributed by atoms with van der Waals surface area (Å²) in [4.78, 5) is 0. The van der Waals surface area contributed by atoms with E-state index in [1.807, 2.05) is 13.8 Å². The first-order valence-corrected chi connectivity index (χ1v) is 6.84. The Labute approximate surface area is 121 Å². The molecule has 108 valence electrons. The summed E-state index contributed by atoms with van der Waals surface area (Å²) < 4.78 is 32.0. The van der Waals surface area contributed by atoms with Crippen molar-refractivity contribution in [2.75, 3.05) is 6.54 Å². The van der Waals surface area contributed by atoms with Crippen LogP contribution in [-0.4, -0.2) is 6.54 Å². The fraction of sp³-hybridized carbons (Fsp3) is 0.333. The Kier molecular flexibility index (Phi) is 4.78. The molecule has 0 aliphatic rings. The summed E-state index contributed by atoms with van der Waals surface area (Å²) in [6, 6.07) is 3.62. The molecule has 20 heavy (non-hydrogen) atoms. The molecule has 5 heteroatoms. The Morgan fingerprint density at radius 3 is 2.55 bits per heavy atom. The molecular formula is C15H16ClF2NO. The van der Waals surface area contributed by atoms with Gasteiger partial charge < -0.3 is 9.73 Å². The summed E-state index contributed by atoms with van der Waals surface area (Å²) in [7, 11) is 0. The van der Waals surface area contributed by atoms with Crippen molar-refractivity contribution in [2.24, 2.45) is 0 Å². The second-order valence-corrected chi connectivity index (χ2v) is 5.01. The monoisotopic (exact) mass is 299 g/mol. The van der Waals surface area contributed by atoms with E-state index in [0.29, 0.717) is 5.56 Å². The molecule has 2 rings (SSSR count). The first-order valence-electron chi connectivity index (χ1n) is 6.46. The lowest BCUT2D eigenvalue weighted by Gasteiger charge is -2.20. The highest BCUT2D eigenvalue weighted by atomic mass is 35.5. The van der Waals surface area contributed by atoms with Gasteiger partial charge in [0.25, 0.3) is 0 Å². The van der Waals surface area contributed by atoms with E-state index in [1.165, 1.54) is 0 Å². The number of nitrogens with one attached hydrogen (secondary N) is 1. The molecule has 1 atom stereocenters. The Morgan fingerprint density at radius 2 is 1.95 bits per heavy atom. The number of benzene rings is 1. The van der Waals surface area contributed by atoms with Crippen molar-refractivity contribution < 1.29 is 13.2 Å². The van der Waals surface area contributed by atoms with Gasteiger partial charge in [0.2, 0.25) is 0 Å². The van der Waals surface area contributed by atoms with Crippen LogP contribution in [0.2, 0.25) is 5.02 Å². The van der Waals surface area contributed by atoms with Gasteiger partial charge in [-0.25, -0.2) is 8.78 Å². The summed E-state index contributed by atoms with van der Waals surface area (Å²) in [6.07, 6.45) is 2.48. The molecule has 0 bridgehead atoms. The molecule has 1 heterocycles. The van der Waals surface area contributed by atoms with Crippen LogP contribution in [0.5, 0.6) is 0 Å². The molecule has 0 amide bonds. The lowest BCUT2D eigenvalue weighted by Crippen LogP contribution is -2.24. The molecule has 1 N–H and O–H groups in total. The number of rotatable bonds is 5. The van der Waals surface area contributed by atoms with Crippen LogP contribution in [0.3, 0.4) is 0 Å². The SMILES string of the molecule is CCCNC(c1cc(F)c(F)cc1Cl)c1ccoc1C. The van der Waals surface area contributed by atoms with Gasteiger partial charge in [0, 0.05) is 10.6 Å². The van der Waals surface area contributed by atoms with Gasteiger partial charge in [-0.1, -0.05) is 18.5 Å². The predicted molar refractivity (Wildman–Crippen MR) is 74.9 cm³/mol. The topological polar surface area (TPSA) is 25.2 Å². The summed E-state index contributed by atoms with van der Waals surface area (Å²) in [5, 5.41) is 3.48. The maximum atomic E-state index is 13.5. The molecule has 2 aromatic rings. The molecule has 0 fully saturated rings. The zero-order valence-corrected chi connectivity index (χ0v) is 12.1. The molecule has 2 nitrogen and oxygen atoms in total. The highest BCUT2D eigenvalue weighted by molar-refractivity contribution is 6.31. The van der Waals surface area contributed by atoms with Gasteiger partial charge in [0.1, 0.15) is 5.76 Å². The average Bonchev–Trinajstić information content (AvgIpc) is 2.82. The summed E-state index contributed by atoms with van der Waals surface area (Å²) in [5.74, 6) is -1.13. The van der Waals surface area contributed by atoms with Crippen LogP contribution in [0.25, 0.3) is 0 Å². The van der Waals surface area contributed by atoms with Crippen LogP contribution in [0.15, 0.2) is 28.9 Å². The van der Waals surface area contributed by atoms with Gasteiger partial charge in [0.05, 0.1) is 12.3 Å². The van der Waals surface area contributed by atoms with Gasteiger partial charge in [-0.2, -0.15) is 0 Å². The Morgan fingerprint density at radius 1 is 1.25 bits per heavy atom. The van der Waals surface area contributed by atoms with E-state index in [9.17, 15) is 8.78 Å². The summed E-state index contributed by atoms with van der Waals surface area (Å²) in [6.45, 7) is 4.58. The van der Waals surface area contributed by atoms with Crippen LogP contribution in [-0.2, 0) is 0 Å². The largest absolute Gasteiger partial charge is 0.469 e. The van der Waals surface area contributed by atoms with E-state index in [2.05, 4.69) is 5.32 Å². The molecule has 0 spiro atoms. The van der Waals surface area contributed by atoms with Crippen LogP contribution < -0.4 is 5.32 Å². The van der Waals surface area contributed by atoms with Gasteiger partial charge in [-0.05, 0) is 43.7 Å². The van der Waals surface area contributed by atoms with Crippen LogP contribution >= 0.6 is 11.6 Å². The smallest absolute Gasteiger partial charge is 0.160 e. The fourth-order valence-corrected chi connectivity index (χ4v) is 2.39. The minimum atomic E-state index is -0.947. The molecule has 0 aliphatic heterocycles. The van der Waals surface area contributed by atoms with Crippen molar-refractivity contribution in [2.45, 2.75) is 26.3 Å². The van der Waals surface area contributed by atoms with Crippen molar-refractivity contribution in [3.63, 3.8) is 0 Å². The van der Waals surface area contributed by atoms with E-state index in [0.717, 1.165) is 36.4 Å². The van der Waals surface area contributed by atoms with Gasteiger partial charge in [0.15, 0.2) is 11.6 Å². The third-order valence-corrected chi connectivity index (χ3v) is 3.49. The highest BCUT2D eigenvalue weighted by Crippen LogP contribution is 2.32.